The van der Waals surface area contributed by atoms with Crippen molar-refractivity contribution in [1.29, 1.82) is 0 Å². The number of morpholine rings is 1. The molecule has 2 heterocycles. The predicted molar refractivity (Wildman–Crippen MR) is 84.0 cm³/mol. The molecule has 3 rings (SSSR count). The number of hydrogen-bond donors (Lipinski definition) is 0. The molecule has 8 heteroatoms. The first-order valence-electron chi connectivity index (χ1n) is 8.19. The van der Waals surface area contributed by atoms with Gasteiger partial charge in [0.05, 0.1) is 12.7 Å². The minimum Gasteiger partial charge on any atom is -0.374 e. The van der Waals surface area contributed by atoms with Gasteiger partial charge in [0.1, 0.15) is 12.9 Å². The first-order chi connectivity index (χ1) is 11.0. The summed E-state index contributed by atoms with van der Waals surface area (Å²) in [6, 6.07) is 0. The Morgan fingerprint density at radius 2 is 2.17 bits per heavy atom. The summed E-state index contributed by atoms with van der Waals surface area (Å²) in [5, 5.41) is 3.97. The highest BCUT2D eigenvalue weighted by atomic mass is 16.5. The van der Waals surface area contributed by atoms with Crippen LogP contribution in [-0.2, 0) is 23.1 Å². The maximum atomic E-state index is 12.6. The van der Waals surface area contributed by atoms with Crippen molar-refractivity contribution >= 4 is 5.91 Å². The summed E-state index contributed by atoms with van der Waals surface area (Å²) in [5.74, 6) is 0.537. The standard InChI is InChI=1S/C15H25N5O3/c1-17-5-6-23-13(8-17)9-19(7-12-3-4-12)14(21)10-20-15(22)18(2)11-16-20/h11-13H,3-10H2,1-2H3/t13-/m0/s1. The number of ether oxygens (including phenoxy) is 1. The molecule has 23 heavy (non-hydrogen) atoms. The van der Waals surface area contributed by atoms with E-state index in [0.717, 1.165) is 19.6 Å². The highest BCUT2D eigenvalue weighted by Crippen LogP contribution is 2.30. The van der Waals surface area contributed by atoms with Crippen molar-refractivity contribution in [2.24, 2.45) is 13.0 Å². The second-order valence-electron chi connectivity index (χ2n) is 6.68. The molecule has 0 radical (unpaired) electrons. The summed E-state index contributed by atoms with van der Waals surface area (Å²) in [5.41, 5.74) is -0.265. The molecular formula is C15H25N5O3. The Morgan fingerprint density at radius 3 is 2.78 bits per heavy atom. The Kier molecular flexibility index (Phi) is 4.82. The van der Waals surface area contributed by atoms with E-state index in [2.05, 4.69) is 17.0 Å². The van der Waals surface area contributed by atoms with Crippen molar-refractivity contribution in [1.82, 2.24) is 24.1 Å². The molecule has 0 aromatic carbocycles. The third-order valence-electron chi connectivity index (χ3n) is 4.47. The molecule has 1 saturated heterocycles. The van der Waals surface area contributed by atoms with Crippen molar-refractivity contribution in [3.63, 3.8) is 0 Å². The molecule has 1 atom stereocenters. The van der Waals surface area contributed by atoms with Gasteiger partial charge in [0.2, 0.25) is 5.91 Å². The Bertz CT molecular complexity index is 606. The molecule has 128 valence electrons. The fourth-order valence-electron chi connectivity index (χ4n) is 2.87. The fourth-order valence-corrected chi connectivity index (χ4v) is 2.87. The summed E-state index contributed by atoms with van der Waals surface area (Å²) in [7, 11) is 3.69. The summed E-state index contributed by atoms with van der Waals surface area (Å²) >= 11 is 0. The van der Waals surface area contributed by atoms with Crippen LogP contribution in [0.1, 0.15) is 12.8 Å². The smallest absolute Gasteiger partial charge is 0.345 e. The lowest BCUT2D eigenvalue weighted by molar-refractivity contribution is -0.135. The third-order valence-corrected chi connectivity index (χ3v) is 4.47. The summed E-state index contributed by atoms with van der Waals surface area (Å²) in [4.78, 5) is 28.6. The molecule has 0 bridgehead atoms. The SMILES string of the molecule is CN1CCO[C@H](CN(CC2CC2)C(=O)Cn2ncn(C)c2=O)C1. The zero-order valence-corrected chi connectivity index (χ0v) is 13.8. The van der Waals surface area contributed by atoms with E-state index in [0.29, 0.717) is 19.1 Å². The zero-order valence-electron chi connectivity index (χ0n) is 13.8. The van der Waals surface area contributed by atoms with E-state index in [1.165, 1.54) is 28.4 Å². The van der Waals surface area contributed by atoms with E-state index in [9.17, 15) is 9.59 Å². The van der Waals surface area contributed by atoms with Crippen LogP contribution in [0.2, 0.25) is 0 Å². The van der Waals surface area contributed by atoms with Gasteiger partial charge < -0.3 is 14.5 Å². The lowest BCUT2D eigenvalue weighted by Crippen LogP contribution is -2.49. The molecule has 0 spiro atoms. The molecule has 1 aromatic rings. The van der Waals surface area contributed by atoms with Crippen LogP contribution < -0.4 is 5.69 Å². The second-order valence-corrected chi connectivity index (χ2v) is 6.68. The number of carbonyl (C=O) groups excluding carboxylic acids is 1. The molecule has 1 aromatic heterocycles. The quantitative estimate of drug-likeness (QED) is 0.682. The highest BCUT2D eigenvalue weighted by Gasteiger charge is 2.30. The second kappa shape index (κ2) is 6.84. The van der Waals surface area contributed by atoms with E-state index < -0.39 is 0 Å². The van der Waals surface area contributed by atoms with Crippen LogP contribution in [0.15, 0.2) is 11.1 Å². The van der Waals surface area contributed by atoms with Gasteiger partial charge in [-0.05, 0) is 25.8 Å². The van der Waals surface area contributed by atoms with Crippen molar-refractivity contribution in [3.05, 3.63) is 16.8 Å². The average Bonchev–Trinajstić information content (AvgIpc) is 3.28. The van der Waals surface area contributed by atoms with Gasteiger partial charge in [-0.25, -0.2) is 9.48 Å². The largest absolute Gasteiger partial charge is 0.374 e. The number of aryl methyl sites for hydroxylation is 1. The van der Waals surface area contributed by atoms with Gasteiger partial charge in [-0.15, -0.1) is 0 Å². The van der Waals surface area contributed by atoms with E-state index in [4.69, 9.17) is 4.74 Å². The number of likely N-dealkylation sites (N-methyl/N-ethyl adjacent to an activating group) is 1. The number of aromatic nitrogens is 3. The van der Waals surface area contributed by atoms with Crippen LogP contribution in [0.5, 0.6) is 0 Å². The van der Waals surface area contributed by atoms with Gasteiger partial charge in [-0.3, -0.25) is 9.36 Å². The van der Waals surface area contributed by atoms with Gasteiger partial charge in [0, 0.05) is 33.2 Å². The number of amides is 1. The molecule has 1 aliphatic heterocycles. The monoisotopic (exact) mass is 323 g/mol. The van der Waals surface area contributed by atoms with Crippen LogP contribution in [0.4, 0.5) is 0 Å². The molecule has 2 fully saturated rings. The fraction of sp³-hybridized carbons (Fsp3) is 0.800. The Hall–Kier alpha value is -1.67. The van der Waals surface area contributed by atoms with Gasteiger partial charge >= 0.3 is 5.69 Å². The first-order valence-corrected chi connectivity index (χ1v) is 8.19. The molecule has 1 aliphatic carbocycles. The topological polar surface area (TPSA) is 72.6 Å². The van der Waals surface area contributed by atoms with E-state index in [1.54, 1.807) is 7.05 Å². The number of rotatable bonds is 6. The van der Waals surface area contributed by atoms with Crippen LogP contribution in [-0.4, -0.2) is 76.0 Å². The molecule has 2 aliphatic rings. The van der Waals surface area contributed by atoms with Crippen molar-refractivity contribution in [2.45, 2.75) is 25.5 Å². The molecule has 1 saturated carbocycles. The molecule has 0 unspecified atom stereocenters. The lowest BCUT2D eigenvalue weighted by Gasteiger charge is -2.34. The van der Waals surface area contributed by atoms with E-state index in [-0.39, 0.29) is 24.2 Å². The highest BCUT2D eigenvalue weighted by molar-refractivity contribution is 5.76. The van der Waals surface area contributed by atoms with Crippen molar-refractivity contribution in [2.75, 3.05) is 39.8 Å². The summed E-state index contributed by atoms with van der Waals surface area (Å²) < 4.78 is 8.38. The maximum Gasteiger partial charge on any atom is 0.345 e. The van der Waals surface area contributed by atoms with Gasteiger partial charge in [-0.1, -0.05) is 0 Å². The Morgan fingerprint density at radius 1 is 1.39 bits per heavy atom. The summed E-state index contributed by atoms with van der Waals surface area (Å²) in [6.07, 6.45) is 3.83. The Labute approximate surface area is 135 Å². The lowest BCUT2D eigenvalue weighted by atomic mass is 10.2. The van der Waals surface area contributed by atoms with Crippen LogP contribution in [0.25, 0.3) is 0 Å². The van der Waals surface area contributed by atoms with Gasteiger partial charge in [-0.2, -0.15) is 5.10 Å². The zero-order chi connectivity index (χ0) is 16.4. The van der Waals surface area contributed by atoms with Crippen LogP contribution in [0.3, 0.4) is 0 Å². The molecule has 0 N–H and O–H groups in total. The first kappa shape index (κ1) is 16.2. The van der Waals surface area contributed by atoms with Crippen LogP contribution in [0, 0.1) is 5.92 Å². The van der Waals surface area contributed by atoms with Crippen molar-refractivity contribution in [3.8, 4) is 0 Å². The number of carbonyl (C=O) groups is 1. The normalized spacial score (nSPS) is 22.3. The number of nitrogens with zero attached hydrogens (tertiary/aromatic N) is 5. The van der Waals surface area contributed by atoms with E-state index in [1.807, 2.05) is 4.90 Å². The minimum absolute atomic E-state index is 0.00501. The van der Waals surface area contributed by atoms with E-state index >= 15 is 0 Å². The van der Waals surface area contributed by atoms with Crippen LogP contribution >= 0.6 is 0 Å². The minimum atomic E-state index is -0.265. The van der Waals surface area contributed by atoms with Gasteiger partial charge in [0.25, 0.3) is 0 Å². The average molecular weight is 323 g/mol. The molecule has 1 amide bonds. The van der Waals surface area contributed by atoms with Gasteiger partial charge in [0.15, 0.2) is 0 Å². The van der Waals surface area contributed by atoms with Crippen molar-refractivity contribution < 1.29 is 9.53 Å². The molecule has 8 nitrogen and oxygen atoms in total. The maximum absolute atomic E-state index is 12.6. The Balaban J connectivity index is 1.63. The predicted octanol–water partition coefficient (Wildman–Crippen LogP) is -0.849. The third kappa shape index (κ3) is 4.20. The number of hydrogen-bond acceptors (Lipinski definition) is 5. The molecular weight excluding hydrogens is 298 g/mol. The summed E-state index contributed by atoms with van der Waals surface area (Å²) in [6.45, 7) is 3.79.